The number of benzene rings is 1. The van der Waals surface area contributed by atoms with Crippen LogP contribution in [0, 0.1) is 11.7 Å². The number of hydrogen-bond donors (Lipinski definition) is 2. The average molecular weight is 268 g/mol. The van der Waals surface area contributed by atoms with Crippen molar-refractivity contribution in [3.05, 3.63) is 35.1 Å². The molecular weight excluding hydrogens is 251 g/mol. The summed E-state index contributed by atoms with van der Waals surface area (Å²) >= 11 is 4.82. The Kier molecular flexibility index (Phi) is 4.27. The molecule has 3 nitrogen and oxygen atoms in total. The van der Waals surface area contributed by atoms with E-state index in [-0.39, 0.29) is 17.4 Å². The van der Waals surface area contributed by atoms with Crippen molar-refractivity contribution in [1.29, 1.82) is 0 Å². The van der Waals surface area contributed by atoms with Gasteiger partial charge in [0.05, 0.1) is 0 Å². The Hall–Kier alpha value is -1.04. The molecule has 1 heterocycles. The van der Waals surface area contributed by atoms with Gasteiger partial charge in [-0.25, -0.2) is 4.39 Å². The van der Waals surface area contributed by atoms with E-state index in [2.05, 4.69) is 4.90 Å². The minimum absolute atomic E-state index is 0.0870. The van der Waals surface area contributed by atoms with Gasteiger partial charge in [-0.2, -0.15) is 0 Å². The fraction of sp³-hybridized carbons (Fsp3) is 0.462. The maximum absolute atomic E-state index is 14.1. The lowest BCUT2D eigenvalue weighted by Gasteiger charge is -2.17. The molecule has 0 aliphatic carbocycles. The molecule has 1 fully saturated rings. The van der Waals surface area contributed by atoms with Gasteiger partial charge in [0.15, 0.2) is 0 Å². The van der Waals surface area contributed by atoms with Crippen LogP contribution in [0.5, 0.6) is 0 Å². The van der Waals surface area contributed by atoms with Crippen LogP contribution < -0.4 is 5.73 Å². The highest BCUT2D eigenvalue weighted by Crippen LogP contribution is 2.20. The van der Waals surface area contributed by atoms with E-state index < -0.39 is 0 Å². The third kappa shape index (κ3) is 2.85. The summed E-state index contributed by atoms with van der Waals surface area (Å²) in [5.74, 6) is -0.00993. The average Bonchev–Trinajstić information content (AvgIpc) is 2.79. The zero-order valence-electron chi connectivity index (χ0n) is 10.1. The number of likely N-dealkylation sites (tertiary alicyclic amines) is 1. The van der Waals surface area contributed by atoms with Crippen molar-refractivity contribution >= 4 is 17.2 Å². The van der Waals surface area contributed by atoms with Gasteiger partial charge >= 0.3 is 0 Å². The monoisotopic (exact) mass is 268 g/mol. The molecule has 98 valence electrons. The van der Waals surface area contributed by atoms with Crippen LogP contribution in [0.15, 0.2) is 18.2 Å². The topological polar surface area (TPSA) is 49.5 Å². The standard InChI is InChI=1S/C13H17FN2OS/c14-12-10(2-1-3-11(12)13(15)18)7-16-5-4-9(6-16)8-17/h1-3,9,17H,4-8H2,(H2,15,18). The smallest absolute Gasteiger partial charge is 0.137 e. The fourth-order valence-electron chi connectivity index (χ4n) is 2.34. The number of rotatable bonds is 4. The van der Waals surface area contributed by atoms with E-state index in [9.17, 15) is 4.39 Å². The summed E-state index contributed by atoms with van der Waals surface area (Å²) in [5.41, 5.74) is 6.40. The lowest BCUT2D eigenvalue weighted by atomic mass is 10.1. The summed E-state index contributed by atoms with van der Waals surface area (Å²) in [5, 5.41) is 9.09. The summed E-state index contributed by atoms with van der Waals surface area (Å²) in [6.07, 6.45) is 0.965. The Morgan fingerprint density at radius 1 is 1.56 bits per heavy atom. The normalized spacial score (nSPS) is 20.2. The Balaban J connectivity index is 2.10. The molecule has 0 amide bonds. The van der Waals surface area contributed by atoms with Crippen LogP contribution >= 0.6 is 12.2 Å². The molecule has 1 aromatic carbocycles. The SMILES string of the molecule is NC(=S)c1cccc(CN2CCC(CO)C2)c1F. The highest BCUT2D eigenvalue weighted by atomic mass is 32.1. The zero-order valence-corrected chi connectivity index (χ0v) is 10.9. The predicted molar refractivity (Wildman–Crippen MR) is 72.8 cm³/mol. The molecule has 1 unspecified atom stereocenters. The Bertz CT molecular complexity index is 453. The van der Waals surface area contributed by atoms with E-state index in [1.807, 2.05) is 0 Å². The van der Waals surface area contributed by atoms with E-state index in [0.29, 0.717) is 23.6 Å². The fourth-order valence-corrected chi connectivity index (χ4v) is 2.50. The molecule has 5 heteroatoms. The Morgan fingerprint density at radius 2 is 2.33 bits per heavy atom. The van der Waals surface area contributed by atoms with Gasteiger partial charge in [-0.05, 0) is 24.9 Å². The number of nitrogens with zero attached hydrogens (tertiary/aromatic N) is 1. The molecule has 0 radical (unpaired) electrons. The first-order chi connectivity index (χ1) is 8.61. The lowest BCUT2D eigenvalue weighted by Crippen LogP contribution is -2.22. The van der Waals surface area contributed by atoms with Gasteiger partial charge < -0.3 is 10.8 Å². The second kappa shape index (κ2) is 5.73. The molecule has 0 spiro atoms. The highest BCUT2D eigenvalue weighted by molar-refractivity contribution is 7.80. The molecule has 1 aliphatic rings. The molecular formula is C13H17FN2OS. The number of halogens is 1. The summed E-state index contributed by atoms with van der Waals surface area (Å²) in [6.45, 7) is 2.44. The van der Waals surface area contributed by atoms with Gasteiger partial charge in [-0.1, -0.05) is 24.4 Å². The van der Waals surface area contributed by atoms with Crippen LogP contribution in [0.2, 0.25) is 0 Å². The van der Waals surface area contributed by atoms with Gasteiger partial charge in [0, 0.05) is 30.8 Å². The van der Waals surface area contributed by atoms with Crippen molar-refractivity contribution in [2.24, 2.45) is 11.7 Å². The minimum Gasteiger partial charge on any atom is -0.396 e. The molecule has 3 N–H and O–H groups in total. The molecule has 0 aromatic heterocycles. The van der Waals surface area contributed by atoms with Gasteiger partial charge in [0.25, 0.3) is 0 Å². The van der Waals surface area contributed by atoms with Crippen molar-refractivity contribution in [1.82, 2.24) is 4.90 Å². The van der Waals surface area contributed by atoms with Crippen molar-refractivity contribution in [3.63, 3.8) is 0 Å². The van der Waals surface area contributed by atoms with Crippen LogP contribution in [0.3, 0.4) is 0 Å². The summed E-state index contributed by atoms with van der Waals surface area (Å²) < 4.78 is 14.1. The number of thiocarbonyl (C=S) groups is 1. The van der Waals surface area contributed by atoms with Crippen molar-refractivity contribution in [2.75, 3.05) is 19.7 Å². The van der Waals surface area contributed by atoms with Crippen LogP contribution in [0.4, 0.5) is 4.39 Å². The molecule has 0 bridgehead atoms. The summed E-state index contributed by atoms with van der Waals surface area (Å²) in [6, 6.07) is 5.12. The molecule has 2 rings (SSSR count). The van der Waals surface area contributed by atoms with Gasteiger partial charge in [-0.15, -0.1) is 0 Å². The molecule has 18 heavy (non-hydrogen) atoms. The van der Waals surface area contributed by atoms with E-state index in [4.69, 9.17) is 23.1 Å². The number of nitrogens with two attached hydrogens (primary N) is 1. The largest absolute Gasteiger partial charge is 0.396 e. The maximum atomic E-state index is 14.1. The summed E-state index contributed by atoms with van der Waals surface area (Å²) in [4.78, 5) is 2.23. The first kappa shape index (κ1) is 13.4. The lowest BCUT2D eigenvalue weighted by molar-refractivity contribution is 0.219. The second-order valence-corrected chi connectivity index (χ2v) is 5.16. The van der Waals surface area contributed by atoms with Crippen molar-refractivity contribution in [2.45, 2.75) is 13.0 Å². The maximum Gasteiger partial charge on any atom is 0.137 e. The van der Waals surface area contributed by atoms with E-state index in [1.54, 1.807) is 18.2 Å². The highest BCUT2D eigenvalue weighted by Gasteiger charge is 2.22. The van der Waals surface area contributed by atoms with Crippen LogP contribution in [-0.2, 0) is 6.54 Å². The molecule has 1 saturated heterocycles. The van der Waals surface area contributed by atoms with E-state index >= 15 is 0 Å². The first-order valence-corrected chi connectivity index (χ1v) is 6.43. The summed E-state index contributed by atoms with van der Waals surface area (Å²) in [7, 11) is 0. The molecule has 1 aliphatic heterocycles. The van der Waals surface area contributed by atoms with Crippen LogP contribution in [0.1, 0.15) is 17.5 Å². The Labute approximate surface area is 111 Å². The van der Waals surface area contributed by atoms with E-state index in [0.717, 1.165) is 19.5 Å². The minimum atomic E-state index is -0.322. The predicted octanol–water partition coefficient (Wildman–Crippen LogP) is 1.27. The third-order valence-corrected chi connectivity index (χ3v) is 3.59. The van der Waals surface area contributed by atoms with Gasteiger partial charge in [0.2, 0.25) is 0 Å². The molecule has 1 aromatic rings. The quantitative estimate of drug-likeness (QED) is 0.808. The van der Waals surface area contributed by atoms with Crippen LogP contribution in [0.25, 0.3) is 0 Å². The van der Waals surface area contributed by atoms with Crippen molar-refractivity contribution in [3.8, 4) is 0 Å². The zero-order chi connectivity index (χ0) is 13.1. The first-order valence-electron chi connectivity index (χ1n) is 6.02. The van der Waals surface area contributed by atoms with Crippen LogP contribution in [-0.4, -0.2) is 34.7 Å². The molecule has 0 saturated carbocycles. The van der Waals surface area contributed by atoms with E-state index in [1.165, 1.54) is 0 Å². The number of aliphatic hydroxyl groups excluding tert-OH is 1. The number of hydrogen-bond acceptors (Lipinski definition) is 3. The Morgan fingerprint density at radius 3 is 2.94 bits per heavy atom. The van der Waals surface area contributed by atoms with Gasteiger partial charge in [-0.3, -0.25) is 4.90 Å². The third-order valence-electron chi connectivity index (χ3n) is 3.37. The molecule has 1 atom stereocenters. The van der Waals surface area contributed by atoms with Gasteiger partial charge in [0.1, 0.15) is 10.8 Å². The number of aliphatic hydroxyl groups is 1. The van der Waals surface area contributed by atoms with Crippen molar-refractivity contribution < 1.29 is 9.50 Å². The second-order valence-electron chi connectivity index (χ2n) is 4.72.